The maximum Gasteiger partial charge on any atom is 0.0419 e. The second-order valence-electron chi connectivity index (χ2n) is 4.29. The molecular formula is C14H16BrN3. The number of rotatable bonds is 5. The van der Waals surface area contributed by atoms with E-state index >= 15 is 0 Å². The van der Waals surface area contributed by atoms with Gasteiger partial charge in [-0.1, -0.05) is 6.07 Å². The molecule has 0 bridgehead atoms. The first kappa shape index (κ1) is 13.2. The van der Waals surface area contributed by atoms with Crippen LogP contribution in [0.3, 0.4) is 0 Å². The summed E-state index contributed by atoms with van der Waals surface area (Å²) in [6.07, 6.45) is 6.27. The molecule has 2 aromatic rings. The minimum absolute atomic E-state index is 0.126. The fourth-order valence-corrected chi connectivity index (χ4v) is 2.01. The molecular weight excluding hydrogens is 290 g/mol. The summed E-state index contributed by atoms with van der Waals surface area (Å²) >= 11 is 3.37. The molecule has 94 valence electrons. The molecule has 0 saturated carbocycles. The molecule has 0 amide bonds. The Bertz CT molecular complexity index is 470. The number of pyridine rings is 2. The lowest BCUT2D eigenvalue weighted by atomic mass is 10.0. The molecule has 0 spiro atoms. The molecule has 0 aliphatic rings. The zero-order valence-electron chi connectivity index (χ0n) is 10.1. The van der Waals surface area contributed by atoms with E-state index in [0.29, 0.717) is 0 Å². The lowest BCUT2D eigenvalue weighted by Gasteiger charge is -2.10. The Balaban J connectivity index is 1.82. The van der Waals surface area contributed by atoms with Crippen molar-refractivity contribution in [1.29, 1.82) is 0 Å². The van der Waals surface area contributed by atoms with E-state index in [1.165, 1.54) is 0 Å². The quantitative estimate of drug-likeness (QED) is 0.924. The second-order valence-corrected chi connectivity index (χ2v) is 5.21. The number of nitrogens with zero attached hydrogens (tertiary/aromatic N) is 2. The number of hydrogen-bond donors (Lipinski definition) is 1. The highest BCUT2D eigenvalue weighted by molar-refractivity contribution is 9.10. The molecule has 2 heterocycles. The van der Waals surface area contributed by atoms with Crippen molar-refractivity contribution in [3.05, 3.63) is 58.6 Å². The summed E-state index contributed by atoms with van der Waals surface area (Å²) < 4.78 is 0.994. The average Bonchev–Trinajstić information content (AvgIpc) is 2.40. The summed E-state index contributed by atoms with van der Waals surface area (Å²) in [5.41, 5.74) is 8.24. The Hall–Kier alpha value is -1.26. The van der Waals surface area contributed by atoms with Crippen molar-refractivity contribution < 1.29 is 0 Å². The monoisotopic (exact) mass is 305 g/mol. The molecule has 1 atom stereocenters. The van der Waals surface area contributed by atoms with Crippen LogP contribution in [0.1, 0.15) is 17.8 Å². The maximum atomic E-state index is 6.11. The highest BCUT2D eigenvalue weighted by Gasteiger charge is 2.06. The van der Waals surface area contributed by atoms with E-state index in [4.69, 9.17) is 5.73 Å². The molecule has 0 aromatic carbocycles. The average molecular weight is 306 g/mol. The van der Waals surface area contributed by atoms with Crippen molar-refractivity contribution in [2.45, 2.75) is 25.3 Å². The van der Waals surface area contributed by atoms with E-state index in [0.717, 1.165) is 35.1 Å². The van der Waals surface area contributed by atoms with E-state index in [2.05, 4.69) is 25.9 Å². The highest BCUT2D eigenvalue weighted by atomic mass is 79.9. The van der Waals surface area contributed by atoms with Crippen LogP contribution < -0.4 is 5.73 Å². The van der Waals surface area contributed by atoms with E-state index in [-0.39, 0.29) is 6.04 Å². The Morgan fingerprint density at radius 2 is 2.00 bits per heavy atom. The zero-order valence-corrected chi connectivity index (χ0v) is 11.7. The van der Waals surface area contributed by atoms with E-state index in [1.54, 1.807) is 6.20 Å². The summed E-state index contributed by atoms with van der Waals surface area (Å²) in [7, 11) is 0. The number of aromatic nitrogens is 2. The molecule has 0 aliphatic heterocycles. The van der Waals surface area contributed by atoms with Crippen LogP contribution in [0.5, 0.6) is 0 Å². The molecule has 0 fully saturated rings. The van der Waals surface area contributed by atoms with Gasteiger partial charge in [-0.15, -0.1) is 0 Å². The first-order valence-electron chi connectivity index (χ1n) is 6.00. The molecule has 2 aromatic heterocycles. The number of hydrogen-bond acceptors (Lipinski definition) is 3. The van der Waals surface area contributed by atoms with Crippen LogP contribution in [-0.2, 0) is 12.8 Å². The van der Waals surface area contributed by atoms with E-state index in [9.17, 15) is 0 Å². The van der Waals surface area contributed by atoms with Gasteiger partial charge in [0.1, 0.15) is 0 Å². The van der Waals surface area contributed by atoms with Crippen molar-refractivity contribution in [1.82, 2.24) is 9.97 Å². The lowest BCUT2D eigenvalue weighted by Crippen LogP contribution is -2.24. The normalized spacial score (nSPS) is 12.3. The molecule has 2 N–H and O–H groups in total. The van der Waals surface area contributed by atoms with Gasteiger partial charge >= 0.3 is 0 Å². The molecule has 0 radical (unpaired) electrons. The molecule has 18 heavy (non-hydrogen) atoms. The number of aryl methyl sites for hydroxylation is 1. The number of halogens is 1. The van der Waals surface area contributed by atoms with Crippen LogP contribution in [-0.4, -0.2) is 16.0 Å². The summed E-state index contributed by atoms with van der Waals surface area (Å²) in [6.45, 7) is 0. The Morgan fingerprint density at radius 3 is 2.67 bits per heavy atom. The zero-order chi connectivity index (χ0) is 12.8. The van der Waals surface area contributed by atoms with Crippen molar-refractivity contribution in [2.24, 2.45) is 5.73 Å². The van der Waals surface area contributed by atoms with E-state index < -0.39 is 0 Å². The van der Waals surface area contributed by atoms with Gasteiger partial charge in [-0.05, 0) is 53.0 Å². The van der Waals surface area contributed by atoms with Crippen LogP contribution in [0, 0.1) is 0 Å². The fraction of sp³-hybridized carbons (Fsp3) is 0.286. The van der Waals surface area contributed by atoms with Crippen molar-refractivity contribution in [3.63, 3.8) is 0 Å². The summed E-state index contributed by atoms with van der Waals surface area (Å²) in [4.78, 5) is 8.62. The summed E-state index contributed by atoms with van der Waals surface area (Å²) in [6, 6.07) is 10.1. The molecule has 3 nitrogen and oxygen atoms in total. The van der Waals surface area contributed by atoms with Gasteiger partial charge in [0.2, 0.25) is 0 Å². The van der Waals surface area contributed by atoms with Crippen LogP contribution in [0.25, 0.3) is 0 Å². The van der Waals surface area contributed by atoms with Gasteiger partial charge in [-0.2, -0.15) is 0 Å². The minimum atomic E-state index is 0.126. The van der Waals surface area contributed by atoms with Crippen LogP contribution in [0.4, 0.5) is 0 Å². The molecule has 4 heteroatoms. The van der Waals surface area contributed by atoms with Gasteiger partial charge < -0.3 is 5.73 Å². The molecule has 0 aliphatic carbocycles. The Kier molecular flexibility index (Phi) is 4.84. The van der Waals surface area contributed by atoms with Crippen LogP contribution in [0.2, 0.25) is 0 Å². The first-order valence-corrected chi connectivity index (χ1v) is 6.79. The van der Waals surface area contributed by atoms with Gasteiger partial charge in [-0.3, -0.25) is 9.97 Å². The molecule has 2 rings (SSSR count). The standard InChI is InChI=1S/C14H16BrN3/c15-11-4-6-14(18-10-11)9-12(16)5-7-13-3-1-2-8-17-13/h1-4,6,8,10,12H,5,7,9,16H2. The maximum absolute atomic E-state index is 6.11. The number of nitrogens with two attached hydrogens (primary N) is 1. The fourth-order valence-electron chi connectivity index (χ4n) is 1.78. The minimum Gasteiger partial charge on any atom is -0.327 e. The topological polar surface area (TPSA) is 51.8 Å². The van der Waals surface area contributed by atoms with Crippen LogP contribution >= 0.6 is 15.9 Å². The third-order valence-electron chi connectivity index (χ3n) is 2.76. The first-order chi connectivity index (χ1) is 8.74. The summed E-state index contributed by atoms with van der Waals surface area (Å²) in [5.74, 6) is 0. The van der Waals surface area contributed by atoms with Gasteiger partial charge in [0.15, 0.2) is 0 Å². The van der Waals surface area contributed by atoms with Crippen molar-refractivity contribution >= 4 is 15.9 Å². The van der Waals surface area contributed by atoms with Gasteiger partial charge in [0, 0.05) is 40.7 Å². The SMILES string of the molecule is NC(CCc1ccccn1)Cc1ccc(Br)cn1. The lowest BCUT2D eigenvalue weighted by molar-refractivity contribution is 0.598. The van der Waals surface area contributed by atoms with Gasteiger partial charge in [0.05, 0.1) is 0 Å². The third kappa shape index (κ3) is 4.20. The van der Waals surface area contributed by atoms with Crippen molar-refractivity contribution in [2.75, 3.05) is 0 Å². The highest BCUT2D eigenvalue weighted by Crippen LogP contribution is 2.10. The van der Waals surface area contributed by atoms with Crippen molar-refractivity contribution in [3.8, 4) is 0 Å². The van der Waals surface area contributed by atoms with Crippen LogP contribution in [0.15, 0.2) is 47.2 Å². The summed E-state index contributed by atoms with van der Waals surface area (Å²) in [5, 5.41) is 0. The molecule has 0 saturated heterocycles. The van der Waals surface area contributed by atoms with Gasteiger partial charge in [0.25, 0.3) is 0 Å². The Labute approximate surface area is 116 Å². The largest absolute Gasteiger partial charge is 0.327 e. The van der Waals surface area contributed by atoms with Gasteiger partial charge in [-0.25, -0.2) is 0 Å². The predicted octanol–water partition coefficient (Wildman–Crippen LogP) is 2.74. The van der Waals surface area contributed by atoms with E-state index in [1.807, 2.05) is 36.5 Å². The Morgan fingerprint density at radius 1 is 1.11 bits per heavy atom. The predicted molar refractivity (Wildman–Crippen MR) is 76.2 cm³/mol. The third-order valence-corrected chi connectivity index (χ3v) is 3.23. The second kappa shape index (κ2) is 6.61. The molecule has 1 unspecified atom stereocenters. The smallest absolute Gasteiger partial charge is 0.0419 e.